The van der Waals surface area contributed by atoms with Gasteiger partial charge in [0.1, 0.15) is 0 Å². The zero-order valence-corrected chi connectivity index (χ0v) is 25.5. The van der Waals surface area contributed by atoms with E-state index < -0.39 is 0 Å². The molecule has 5 aromatic rings. The van der Waals surface area contributed by atoms with Crippen molar-refractivity contribution in [3.05, 3.63) is 175 Å². The van der Waals surface area contributed by atoms with Crippen molar-refractivity contribution >= 4 is 50.8 Å². The molecule has 0 atom stereocenters. The molecule has 0 aromatic heterocycles. The maximum Gasteiger partial charge on any atom is 0.0496 e. The van der Waals surface area contributed by atoms with Crippen LogP contribution < -0.4 is 0 Å². The van der Waals surface area contributed by atoms with E-state index in [9.17, 15) is 0 Å². The summed E-state index contributed by atoms with van der Waals surface area (Å²) in [5.74, 6) is 0. The SMILES string of the molecule is C=N/N=C\C=C/C(=C)N1C=CC(/C(C)=C/C=C\C(=C)c2c3ccccc3c(-c3ccc4ccccc4c3)c3ccccc23)=CC1. The normalized spacial score (nSPS) is 13.9. The molecule has 0 N–H and O–H groups in total. The number of benzene rings is 5. The zero-order valence-electron chi connectivity index (χ0n) is 25.5. The highest BCUT2D eigenvalue weighted by Gasteiger charge is 2.16. The van der Waals surface area contributed by atoms with Gasteiger partial charge in [-0.3, -0.25) is 0 Å². The van der Waals surface area contributed by atoms with Gasteiger partial charge >= 0.3 is 0 Å². The zero-order chi connectivity index (χ0) is 31.2. The first-order valence-corrected chi connectivity index (χ1v) is 15.0. The fourth-order valence-electron chi connectivity index (χ4n) is 5.96. The van der Waals surface area contributed by atoms with Crippen LogP contribution in [0.25, 0.3) is 49.0 Å². The Morgan fingerprint density at radius 1 is 0.778 bits per heavy atom. The van der Waals surface area contributed by atoms with Gasteiger partial charge in [0.25, 0.3) is 0 Å². The van der Waals surface area contributed by atoms with Gasteiger partial charge in [-0.1, -0.05) is 122 Å². The van der Waals surface area contributed by atoms with E-state index in [1.54, 1.807) is 12.3 Å². The van der Waals surface area contributed by atoms with Crippen molar-refractivity contribution in [3.63, 3.8) is 0 Å². The monoisotopic (exact) mass is 581 g/mol. The van der Waals surface area contributed by atoms with Crippen LogP contribution in [0.1, 0.15) is 12.5 Å². The van der Waals surface area contributed by atoms with Gasteiger partial charge in [0, 0.05) is 31.4 Å². The maximum absolute atomic E-state index is 4.56. The lowest BCUT2D eigenvalue weighted by atomic mass is 9.85. The van der Waals surface area contributed by atoms with Crippen LogP contribution in [0.15, 0.2) is 180 Å². The molecular formula is C42H35N3. The lowest BCUT2D eigenvalue weighted by Crippen LogP contribution is -2.17. The van der Waals surface area contributed by atoms with E-state index in [1.165, 1.54) is 60.2 Å². The largest absolute Gasteiger partial charge is 0.345 e. The highest BCUT2D eigenvalue weighted by atomic mass is 15.2. The minimum Gasteiger partial charge on any atom is -0.345 e. The molecule has 0 amide bonds. The molecule has 0 fully saturated rings. The van der Waals surface area contributed by atoms with Crippen LogP contribution in [0.2, 0.25) is 0 Å². The molecule has 0 radical (unpaired) electrons. The van der Waals surface area contributed by atoms with Gasteiger partial charge in [-0.25, -0.2) is 0 Å². The molecule has 218 valence electrons. The first-order chi connectivity index (χ1) is 22.0. The molecule has 0 bridgehead atoms. The van der Waals surface area contributed by atoms with Gasteiger partial charge < -0.3 is 4.90 Å². The number of rotatable bonds is 9. The molecule has 45 heavy (non-hydrogen) atoms. The number of nitrogens with zero attached hydrogens (tertiary/aromatic N) is 3. The molecule has 0 saturated carbocycles. The average molecular weight is 582 g/mol. The van der Waals surface area contributed by atoms with Crippen molar-refractivity contribution in [1.29, 1.82) is 0 Å². The lowest BCUT2D eigenvalue weighted by Gasteiger charge is -2.23. The summed E-state index contributed by atoms with van der Waals surface area (Å²) in [6.07, 6.45) is 18.0. The van der Waals surface area contributed by atoms with E-state index in [0.717, 1.165) is 17.8 Å². The van der Waals surface area contributed by atoms with Crippen molar-refractivity contribution < 1.29 is 0 Å². The highest BCUT2D eigenvalue weighted by molar-refractivity contribution is 6.19. The molecule has 1 aliphatic rings. The van der Waals surface area contributed by atoms with Gasteiger partial charge in [-0.15, -0.1) is 0 Å². The predicted molar refractivity (Wildman–Crippen MR) is 197 cm³/mol. The Morgan fingerprint density at radius 3 is 2.11 bits per heavy atom. The molecule has 5 aromatic carbocycles. The molecule has 0 unspecified atom stereocenters. The first kappa shape index (κ1) is 29.3. The third-order valence-electron chi connectivity index (χ3n) is 8.22. The predicted octanol–water partition coefficient (Wildman–Crippen LogP) is 10.8. The van der Waals surface area contributed by atoms with Crippen molar-refractivity contribution in [3.8, 4) is 11.1 Å². The van der Waals surface area contributed by atoms with Crippen LogP contribution in [-0.4, -0.2) is 24.4 Å². The molecule has 3 heteroatoms. The van der Waals surface area contributed by atoms with Crippen LogP contribution in [0.3, 0.4) is 0 Å². The fraction of sp³-hybridized carbons (Fsp3) is 0.0476. The van der Waals surface area contributed by atoms with Crippen molar-refractivity contribution in [2.75, 3.05) is 6.54 Å². The second-order valence-corrected chi connectivity index (χ2v) is 11.0. The number of fused-ring (bicyclic) bond motifs is 3. The van der Waals surface area contributed by atoms with E-state index in [1.807, 2.05) is 6.08 Å². The second-order valence-electron chi connectivity index (χ2n) is 11.0. The summed E-state index contributed by atoms with van der Waals surface area (Å²) < 4.78 is 0. The van der Waals surface area contributed by atoms with Crippen molar-refractivity contribution in [1.82, 2.24) is 4.90 Å². The minimum atomic E-state index is 0.745. The number of hydrogen-bond acceptors (Lipinski definition) is 3. The molecule has 6 rings (SSSR count). The van der Waals surface area contributed by atoms with Crippen LogP contribution in [0.4, 0.5) is 0 Å². The Kier molecular flexibility index (Phi) is 8.61. The van der Waals surface area contributed by atoms with Crippen LogP contribution in [0, 0.1) is 0 Å². The van der Waals surface area contributed by atoms with E-state index >= 15 is 0 Å². The van der Waals surface area contributed by atoms with E-state index in [2.05, 4.69) is 169 Å². The molecule has 3 nitrogen and oxygen atoms in total. The lowest BCUT2D eigenvalue weighted by molar-refractivity contribution is 0.528. The Bertz CT molecular complexity index is 2090. The minimum absolute atomic E-state index is 0.745. The molecule has 0 saturated heterocycles. The fourth-order valence-corrected chi connectivity index (χ4v) is 5.96. The average Bonchev–Trinajstić information content (AvgIpc) is 3.08. The first-order valence-electron chi connectivity index (χ1n) is 15.0. The summed E-state index contributed by atoms with van der Waals surface area (Å²) in [7, 11) is 0. The van der Waals surface area contributed by atoms with Gasteiger partial charge in [0.05, 0.1) is 0 Å². The molecule has 1 heterocycles. The summed E-state index contributed by atoms with van der Waals surface area (Å²) in [6, 6.07) is 32.7. The summed E-state index contributed by atoms with van der Waals surface area (Å²) >= 11 is 0. The van der Waals surface area contributed by atoms with Gasteiger partial charge in [0.15, 0.2) is 0 Å². The van der Waals surface area contributed by atoms with Crippen LogP contribution in [-0.2, 0) is 0 Å². The number of hydrogen-bond donors (Lipinski definition) is 0. The summed E-state index contributed by atoms with van der Waals surface area (Å²) in [6.45, 7) is 14.9. The van der Waals surface area contributed by atoms with Crippen molar-refractivity contribution in [2.24, 2.45) is 10.2 Å². The van der Waals surface area contributed by atoms with E-state index in [-0.39, 0.29) is 0 Å². The third-order valence-corrected chi connectivity index (χ3v) is 8.22. The summed E-state index contributed by atoms with van der Waals surface area (Å²) in [5.41, 5.74) is 7.87. The van der Waals surface area contributed by atoms with Gasteiger partial charge in [0.2, 0.25) is 0 Å². The molecule has 1 aliphatic heterocycles. The Labute approximate surface area is 265 Å². The van der Waals surface area contributed by atoms with E-state index in [4.69, 9.17) is 0 Å². The Morgan fingerprint density at radius 2 is 1.44 bits per heavy atom. The molecule has 0 spiro atoms. The second kappa shape index (κ2) is 13.2. The third kappa shape index (κ3) is 6.15. The standard InChI is InChI=1S/C42H35N3/c1-30(33-24-27-45(28-25-33)32(3)15-12-26-44-43-4)13-11-14-31(2)41-37-18-7-9-20-39(37)42(40-21-10-8-19-38(40)41)36-23-22-34-16-5-6-17-35(34)29-36/h5-27,29H,2-4,28H2,1H3/b14-11-,15-12-,30-13+,44-26-. The maximum atomic E-state index is 4.56. The summed E-state index contributed by atoms with van der Waals surface area (Å²) in [4.78, 5) is 2.08. The molecular weight excluding hydrogens is 546 g/mol. The summed E-state index contributed by atoms with van der Waals surface area (Å²) in [5, 5.41) is 14.5. The van der Waals surface area contributed by atoms with E-state index in [0.29, 0.717) is 0 Å². The van der Waals surface area contributed by atoms with Gasteiger partial charge in [-0.2, -0.15) is 10.2 Å². The number of allylic oxidation sites excluding steroid dienone is 9. The van der Waals surface area contributed by atoms with Gasteiger partial charge in [-0.05, 0) is 96.9 Å². The van der Waals surface area contributed by atoms with Crippen LogP contribution in [0.5, 0.6) is 0 Å². The highest BCUT2D eigenvalue weighted by Crippen LogP contribution is 2.42. The quantitative estimate of drug-likeness (QED) is 0.0736. The smallest absolute Gasteiger partial charge is 0.0496 e. The Balaban J connectivity index is 1.30. The molecule has 0 aliphatic carbocycles. The topological polar surface area (TPSA) is 28.0 Å². The Hall–Kier alpha value is -5.80. The van der Waals surface area contributed by atoms with Crippen molar-refractivity contribution in [2.45, 2.75) is 6.92 Å². The van der Waals surface area contributed by atoms with Crippen LogP contribution >= 0.6 is 0 Å².